The van der Waals surface area contributed by atoms with Crippen molar-refractivity contribution in [1.29, 1.82) is 0 Å². The molecule has 0 spiro atoms. The topological polar surface area (TPSA) is 93.9 Å². The second-order valence-corrected chi connectivity index (χ2v) is 6.37. The Kier molecular flexibility index (Phi) is 5.63. The Morgan fingerprint density at radius 1 is 1.19 bits per heavy atom. The lowest BCUT2D eigenvalue weighted by atomic mass is 10.1. The van der Waals surface area contributed by atoms with Gasteiger partial charge in [-0.2, -0.15) is 0 Å². The second kappa shape index (κ2) is 8.11. The maximum Gasteiger partial charge on any atom is 0.274 e. The highest BCUT2D eigenvalue weighted by atomic mass is 16.5. The molecule has 0 bridgehead atoms. The summed E-state index contributed by atoms with van der Waals surface area (Å²) in [4.78, 5) is 26.5. The summed E-state index contributed by atoms with van der Waals surface area (Å²) < 4.78 is 15.9. The number of methoxy groups -OCH3 is 2. The van der Waals surface area contributed by atoms with E-state index in [9.17, 15) is 9.59 Å². The van der Waals surface area contributed by atoms with Gasteiger partial charge < -0.3 is 24.2 Å². The van der Waals surface area contributed by atoms with Gasteiger partial charge in [0.2, 0.25) is 5.91 Å². The van der Waals surface area contributed by atoms with Gasteiger partial charge in [0.1, 0.15) is 17.5 Å². The van der Waals surface area contributed by atoms with Gasteiger partial charge in [0.25, 0.3) is 5.91 Å². The molecule has 1 aromatic heterocycles. The molecule has 1 fully saturated rings. The predicted octanol–water partition coefficient (Wildman–Crippen LogP) is 2.10. The monoisotopic (exact) mass is 373 g/mol. The van der Waals surface area contributed by atoms with Crippen LogP contribution in [0.1, 0.15) is 30.3 Å². The highest BCUT2D eigenvalue weighted by Crippen LogP contribution is 2.33. The predicted molar refractivity (Wildman–Crippen MR) is 97.8 cm³/mol. The average molecular weight is 373 g/mol. The van der Waals surface area contributed by atoms with Crippen molar-refractivity contribution in [3.63, 3.8) is 0 Å². The van der Waals surface area contributed by atoms with Crippen LogP contribution in [-0.2, 0) is 4.79 Å². The van der Waals surface area contributed by atoms with E-state index in [4.69, 9.17) is 14.0 Å². The average Bonchev–Trinajstić information content (AvgIpc) is 3.38. The molecule has 0 aliphatic carbocycles. The zero-order chi connectivity index (χ0) is 19.4. The number of hydrogen-bond donors (Lipinski definition) is 1. The molecule has 8 heteroatoms. The largest absolute Gasteiger partial charge is 0.497 e. The molecule has 1 aliphatic rings. The van der Waals surface area contributed by atoms with E-state index in [1.807, 2.05) is 0 Å². The highest BCUT2D eigenvalue weighted by Gasteiger charge is 2.26. The number of hydrogen-bond acceptors (Lipinski definition) is 6. The third kappa shape index (κ3) is 4.05. The number of nitrogens with one attached hydrogen (secondary N) is 1. The van der Waals surface area contributed by atoms with Crippen LogP contribution in [-0.4, -0.2) is 55.2 Å². The Labute approximate surface area is 157 Å². The van der Waals surface area contributed by atoms with Gasteiger partial charge in [0.15, 0.2) is 11.5 Å². The number of nitrogens with zero attached hydrogens (tertiary/aromatic N) is 2. The SMILES string of the molecule is COc1ccc(OC)c(-c2cc(C(=O)N[C@@H](C)C(=O)N3CCCC3)no2)c1. The third-order valence-electron chi connectivity index (χ3n) is 4.55. The summed E-state index contributed by atoms with van der Waals surface area (Å²) in [6.07, 6.45) is 2.00. The van der Waals surface area contributed by atoms with Crippen LogP contribution in [0.4, 0.5) is 0 Å². The normalized spacial score (nSPS) is 14.7. The van der Waals surface area contributed by atoms with Crippen molar-refractivity contribution in [2.24, 2.45) is 0 Å². The molecule has 2 aromatic rings. The fraction of sp³-hybridized carbons (Fsp3) is 0.421. The van der Waals surface area contributed by atoms with E-state index in [0.29, 0.717) is 22.8 Å². The first-order chi connectivity index (χ1) is 13.0. The van der Waals surface area contributed by atoms with Gasteiger partial charge >= 0.3 is 0 Å². The molecule has 0 radical (unpaired) electrons. The summed E-state index contributed by atoms with van der Waals surface area (Å²) >= 11 is 0. The quantitative estimate of drug-likeness (QED) is 0.833. The Morgan fingerprint density at radius 2 is 1.93 bits per heavy atom. The molecular weight excluding hydrogens is 350 g/mol. The Hall–Kier alpha value is -3.03. The number of aromatic nitrogens is 1. The number of carbonyl (C=O) groups is 2. The van der Waals surface area contributed by atoms with E-state index in [2.05, 4.69) is 10.5 Å². The molecule has 2 amide bonds. The number of carbonyl (C=O) groups excluding carboxylic acids is 2. The van der Waals surface area contributed by atoms with Gasteiger partial charge in [0, 0.05) is 19.2 Å². The molecular formula is C19H23N3O5. The summed E-state index contributed by atoms with van der Waals surface area (Å²) in [6, 6.07) is 6.13. The molecule has 1 aliphatic heterocycles. The van der Waals surface area contributed by atoms with E-state index in [-0.39, 0.29) is 11.6 Å². The lowest BCUT2D eigenvalue weighted by Gasteiger charge is -2.20. The van der Waals surface area contributed by atoms with Crippen molar-refractivity contribution in [2.45, 2.75) is 25.8 Å². The Bertz CT molecular complexity index is 827. The first kappa shape index (κ1) is 18.8. The van der Waals surface area contributed by atoms with Gasteiger partial charge in [0.05, 0.1) is 19.8 Å². The minimum Gasteiger partial charge on any atom is -0.497 e. The van der Waals surface area contributed by atoms with Gasteiger partial charge in [-0.05, 0) is 38.0 Å². The van der Waals surface area contributed by atoms with E-state index in [1.54, 1.807) is 44.2 Å². The van der Waals surface area contributed by atoms with Crippen molar-refractivity contribution >= 4 is 11.8 Å². The van der Waals surface area contributed by atoms with Gasteiger partial charge in [-0.3, -0.25) is 9.59 Å². The van der Waals surface area contributed by atoms with E-state index in [1.165, 1.54) is 6.07 Å². The first-order valence-electron chi connectivity index (χ1n) is 8.82. The van der Waals surface area contributed by atoms with Crippen molar-refractivity contribution in [1.82, 2.24) is 15.4 Å². The number of ether oxygens (including phenoxy) is 2. The summed E-state index contributed by atoms with van der Waals surface area (Å²) in [5.74, 6) is 1.01. The van der Waals surface area contributed by atoms with Crippen molar-refractivity contribution in [3.8, 4) is 22.8 Å². The molecule has 8 nitrogen and oxygen atoms in total. The fourth-order valence-electron chi connectivity index (χ4n) is 3.06. The highest BCUT2D eigenvalue weighted by molar-refractivity contribution is 5.96. The summed E-state index contributed by atoms with van der Waals surface area (Å²) in [5, 5.41) is 6.51. The van der Waals surface area contributed by atoms with Gasteiger partial charge in [-0.1, -0.05) is 5.16 Å². The van der Waals surface area contributed by atoms with E-state index >= 15 is 0 Å². The van der Waals surface area contributed by atoms with Crippen LogP contribution in [0.5, 0.6) is 11.5 Å². The molecule has 1 atom stereocenters. The van der Waals surface area contributed by atoms with Crippen LogP contribution >= 0.6 is 0 Å². The first-order valence-corrected chi connectivity index (χ1v) is 8.82. The van der Waals surface area contributed by atoms with Crippen LogP contribution in [0, 0.1) is 0 Å². The van der Waals surface area contributed by atoms with E-state index < -0.39 is 11.9 Å². The summed E-state index contributed by atoms with van der Waals surface area (Å²) in [5.41, 5.74) is 0.709. The number of rotatable bonds is 6. The van der Waals surface area contributed by atoms with Gasteiger partial charge in [-0.25, -0.2) is 0 Å². The fourth-order valence-corrected chi connectivity index (χ4v) is 3.06. The van der Waals surface area contributed by atoms with Crippen molar-refractivity contribution < 1.29 is 23.6 Å². The maximum absolute atomic E-state index is 12.4. The van der Waals surface area contributed by atoms with Crippen LogP contribution < -0.4 is 14.8 Å². The maximum atomic E-state index is 12.4. The number of benzene rings is 1. The molecule has 3 rings (SSSR count). The zero-order valence-electron chi connectivity index (χ0n) is 15.7. The minimum atomic E-state index is -0.623. The summed E-state index contributed by atoms with van der Waals surface area (Å²) in [7, 11) is 3.10. The van der Waals surface area contributed by atoms with Crippen molar-refractivity contribution in [2.75, 3.05) is 27.3 Å². The molecule has 1 saturated heterocycles. The summed E-state index contributed by atoms with van der Waals surface area (Å²) in [6.45, 7) is 3.15. The third-order valence-corrected chi connectivity index (χ3v) is 4.55. The smallest absolute Gasteiger partial charge is 0.274 e. The van der Waals surface area contributed by atoms with Crippen LogP contribution in [0.3, 0.4) is 0 Å². The zero-order valence-corrected chi connectivity index (χ0v) is 15.7. The van der Waals surface area contributed by atoms with Crippen LogP contribution in [0.15, 0.2) is 28.8 Å². The molecule has 0 unspecified atom stereocenters. The Balaban J connectivity index is 1.73. The van der Waals surface area contributed by atoms with E-state index in [0.717, 1.165) is 25.9 Å². The lowest BCUT2D eigenvalue weighted by Crippen LogP contribution is -2.46. The second-order valence-electron chi connectivity index (χ2n) is 6.37. The molecule has 2 heterocycles. The molecule has 1 N–H and O–H groups in total. The van der Waals surface area contributed by atoms with Crippen LogP contribution in [0.2, 0.25) is 0 Å². The lowest BCUT2D eigenvalue weighted by molar-refractivity contribution is -0.131. The Morgan fingerprint density at radius 3 is 2.59 bits per heavy atom. The number of likely N-dealkylation sites (tertiary alicyclic amines) is 1. The molecule has 27 heavy (non-hydrogen) atoms. The minimum absolute atomic E-state index is 0.0842. The van der Waals surface area contributed by atoms with Crippen LogP contribution in [0.25, 0.3) is 11.3 Å². The number of amides is 2. The standard InChI is InChI=1S/C19H23N3O5/c1-12(19(24)22-8-4-5-9-22)20-18(23)15-11-17(27-21-15)14-10-13(25-2)6-7-16(14)26-3/h6-7,10-12H,4-5,8-9H2,1-3H3,(H,20,23)/t12-/m0/s1. The molecule has 1 aromatic carbocycles. The van der Waals surface area contributed by atoms with Gasteiger partial charge in [-0.15, -0.1) is 0 Å². The van der Waals surface area contributed by atoms with Crippen molar-refractivity contribution in [3.05, 3.63) is 30.0 Å². The molecule has 144 valence electrons. The molecule has 0 saturated carbocycles.